The van der Waals surface area contributed by atoms with Gasteiger partial charge in [0, 0.05) is 12.8 Å². The Morgan fingerprint density at radius 1 is 1.12 bits per heavy atom. The van der Waals surface area contributed by atoms with Gasteiger partial charge in [-0.1, -0.05) is 30.3 Å². The molecule has 33 heavy (non-hydrogen) atoms. The number of alkyl halides is 3. The first-order valence-electron chi connectivity index (χ1n) is 10.4. The van der Waals surface area contributed by atoms with Gasteiger partial charge in [0.1, 0.15) is 16.8 Å². The van der Waals surface area contributed by atoms with Gasteiger partial charge in [-0.2, -0.15) is 22.8 Å². The molecule has 5 rings (SSSR count). The summed E-state index contributed by atoms with van der Waals surface area (Å²) >= 11 is 0. The summed E-state index contributed by atoms with van der Waals surface area (Å²) in [5.41, 5.74) is -2.41. The van der Waals surface area contributed by atoms with E-state index in [2.05, 4.69) is 20.3 Å². The van der Waals surface area contributed by atoms with Gasteiger partial charge in [-0.25, -0.2) is 0 Å². The van der Waals surface area contributed by atoms with Crippen molar-refractivity contribution >= 4 is 5.65 Å². The molecule has 4 aromatic rings. The SMILES string of the molecule is COC1(c2nnc(-c3c(C)[nH]c4c(-c5ccccc5)c(C(F)(F)F)nn4c3=O)o2)CCCC1. The minimum absolute atomic E-state index is 0.0404. The highest BCUT2D eigenvalue weighted by Gasteiger charge is 2.42. The van der Waals surface area contributed by atoms with Crippen LogP contribution in [0.1, 0.15) is 43.0 Å². The molecule has 172 valence electrons. The van der Waals surface area contributed by atoms with Crippen molar-refractivity contribution in [3.8, 4) is 22.6 Å². The van der Waals surface area contributed by atoms with Gasteiger partial charge in [0.2, 0.25) is 5.89 Å². The van der Waals surface area contributed by atoms with Crippen LogP contribution in [-0.2, 0) is 16.5 Å². The van der Waals surface area contributed by atoms with Crippen LogP contribution in [0.15, 0.2) is 39.5 Å². The Kier molecular flexibility index (Phi) is 4.89. The van der Waals surface area contributed by atoms with E-state index in [4.69, 9.17) is 9.15 Å². The molecule has 1 aromatic carbocycles. The number of rotatable bonds is 4. The van der Waals surface area contributed by atoms with Crippen molar-refractivity contribution in [3.05, 3.63) is 58.0 Å². The molecule has 0 unspecified atom stereocenters. The fourth-order valence-corrected chi connectivity index (χ4v) is 4.48. The van der Waals surface area contributed by atoms with Crippen molar-refractivity contribution in [1.82, 2.24) is 24.8 Å². The molecule has 1 saturated carbocycles. The van der Waals surface area contributed by atoms with Crippen molar-refractivity contribution in [3.63, 3.8) is 0 Å². The number of benzene rings is 1. The van der Waals surface area contributed by atoms with Crippen LogP contribution in [0.25, 0.3) is 28.2 Å². The molecule has 1 N–H and O–H groups in total. The van der Waals surface area contributed by atoms with Gasteiger partial charge in [0.15, 0.2) is 5.69 Å². The molecular weight excluding hydrogens is 439 g/mol. The summed E-state index contributed by atoms with van der Waals surface area (Å²) in [4.78, 5) is 16.2. The van der Waals surface area contributed by atoms with Crippen LogP contribution in [0.4, 0.5) is 13.2 Å². The Labute approximate surface area is 185 Å². The average Bonchev–Trinajstić information content (AvgIpc) is 3.52. The molecule has 1 aliphatic carbocycles. The van der Waals surface area contributed by atoms with E-state index in [1.807, 2.05) is 0 Å². The number of halogens is 3. The Morgan fingerprint density at radius 2 is 1.82 bits per heavy atom. The lowest BCUT2D eigenvalue weighted by molar-refractivity contribution is -0.140. The van der Waals surface area contributed by atoms with Crippen molar-refractivity contribution in [2.75, 3.05) is 7.11 Å². The maximum absolute atomic E-state index is 13.8. The van der Waals surface area contributed by atoms with E-state index in [9.17, 15) is 18.0 Å². The van der Waals surface area contributed by atoms with Gasteiger partial charge >= 0.3 is 6.18 Å². The predicted molar refractivity (Wildman–Crippen MR) is 111 cm³/mol. The van der Waals surface area contributed by atoms with Crippen LogP contribution < -0.4 is 5.56 Å². The van der Waals surface area contributed by atoms with Crippen LogP contribution in [0.3, 0.4) is 0 Å². The minimum Gasteiger partial charge on any atom is -0.417 e. The molecule has 3 heterocycles. The number of H-pyrrole nitrogens is 1. The van der Waals surface area contributed by atoms with Gasteiger partial charge in [0.05, 0.1) is 5.56 Å². The third kappa shape index (κ3) is 3.34. The molecule has 0 amide bonds. The first-order chi connectivity index (χ1) is 15.7. The fraction of sp³-hybridized carbons (Fsp3) is 0.364. The van der Waals surface area contributed by atoms with Crippen LogP contribution >= 0.6 is 0 Å². The second kappa shape index (κ2) is 7.55. The number of aromatic amines is 1. The number of aromatic nitrogens is 5. The summed E-state index contributed by atoms with van der Waals surface area (Å²) in [6.07, 6.45) is -1.49. The quantitative estimate of drug-likeness (QED) is 0.483. The second-order valence-electron chi connectivity index (χ2n) is 8.10. The normalized spacial score (nSPS) is 16.0. The smallest absolute Gasteiger partial charge is 0.417 e. The first-order valence-corrected chi connectivity index (χ1v) is 10.4. The van der Waals surface area contributed by atoms with Crippen molar-refractivity contribution in [1.29, 1.82) is 0 Å². The second-order valence-corrected chi connectivity index (χ2v) is 8.10. The zero-order valence-electron chi connectivity index (χ0n) is 17.9. The highest BCUT2D eigenvalue weighted by atomic mass is 19.4. The fourth-order valence-electron chi connectivity index (χ4n) is 4.48. The molecule has 11 heteroatoms. The maximum atomic E-state index is 13.8. The lowest BCUT2D eigenvalue weighted by Gasteiger charge is -2.22. The largest absolute Gasteiger partial charge is 0.435 e. The van der Waals surface area contributed by atoms with Gasteiger partial charge in [0.25, 0.3) is 11.4 Å². The maximum Gasteiger partial charge on any atom is 0.435 e. The Balaban J connectivity index is 1.72. The minimum atomic E-state index is -4.77. The molecule has 0 bridgehead atoms. The van der Waals surface area contributed by atoms with Crippen LogP contribution in [0.2, 0.25) is 0 Å². The zero-order valence-corrected chi connectivity index (χ0v) is 17.9. The van der Waals surface area contributed by atoms with E-state index in [1.54, 1.807) is 32.2 Å². The summed E-state index contributed by atoms with van der Waals surface area (Å²) in [5, 5.41) is 11.7. The highest BCUT2D eigenvalue weighted by molar-refractivity contribution is 5.81. The molecule has 0 spiro atoms. The van der Waals surface area contributed by atoms with E-state index in [-0.39, 0.29) is 39.8 Å². The van der Waals surface area contributed by atoms with Crippen LogP contribution in [0, 0.1) is 6.92 Å². The first kappa shape index (κ1) is 21.4. The molecule has 8 nitrogen and oxygen atoms in total. The topological polar surface area (TPSA) is 98.3 Å². The number of aryl methyl sites for hydroxylation is 1. The Bertz CT molecular complexity index is 1380. The van der Waals surface area contributed by atoms with Gasteiger partial charge < -0.3 is 14.1 Å². The van der Waals surface area contributed by atoms with E-state index in [1.165, 1.54) is 12.1 Å². The molecule has 0 atom stereocenters. The third-order valence-electron chi connectivity index (χ3n) is 6.13. The average molecular weight is 459 g/mol. The van der Waals surface area contributed by atoms with Crippen LogP contribution in [-0.4, -0.2) is 31.9 Å². The highest BCUT2D eigenvalue weighted by Crippen LogP contribution is 2.42. The molecule has 3 aromatic heterocycles. The number of hydrogen-bond donors (Lipinski definition) is 1. The van der Waals surface area contributed by atoms with E-state index < -0.39 is 23.0 Å². The molecule has 1 aliphatic rings. The summed E-state index contributed by atoms with van der Waals surface area (Å²) < 4.78 is 53.7. The summed E-state index contributed by atoms with van der Waals surface area (Å²) in [6, 6.07) is 7.99. The molecule has 0 saturated heterocycles. The van der Waals surface area contributed by atoms with Gasteiger partial charge in [-0.15, -0.1) is 10.2 Å². The Morgan fingerprint density at radius 3 is 2.45 bits per heavy atom. The molecule has 1 fully saturated rings. The number of hydrogen-bond acceptors (Lipinski definition) is 6. The number of methoxy groups -OCH3 is 1. The van der Waals surface area contributed by atoms with Gasteiger partial charge in [-0.3, -0.25) is 4.79 Å². The molecular formula is C22H20F3N5O3. The summed E-state index contributed by atoms with van der Waals surface area (Å²) in [5.74, 6) is 0.150. The number of nitrogens with zero attached hydrogens (tertiary/aromatic N) is 4. The van der Waals surface area contributed by atoms with Crippen LogP contribution in [0.5, 0.6) is 0 Å². The monoisotopic (exact) mass is 459 g/mol. The molecule has 0 aliphatic heterocycles. The third-order valence-corrected chi connectivity index (χ3v) is 6.13. The predicted octanol–water partition coefficient (Wildman–Crippen LogP) is 4.48. The lowest BCUT2D eigenvalue weighted by Crippen LogP contribution is -2.24. The standard InChI is InChI=1S/C22H20F3N5O3/c1-12-14(18-27-28-20(33-18)21(32-2)10-6-7-11-21)19(31)30-17(26-12)15(13-8-4-3-5-9-13)16(29-30)22(23,24)25/h3-5,8-9,26H,6-7,10-11H2,1-2H3. The van der Waals surface area contributed by atoms with Crippen molar-refractivity contribution in [2.45, 2.75) is 44.4 Å². The summed E-state index contributed by atoms with van der Waals surface area (Å²) in [7, 11) is 1.56. The van der Waals surface area contributed by atoms with Crippen molar-refractivity contribution < 1.29 is 22.3 Å². The van der Waals surface area contributed by atoms with Crippen molar-refractivity contribution in [2.24, 2.45) is 0 Å². The molecule has 0 radical (unpaired) electrons. The zero-order chi connectivity index (χ0) is 23.4. The van der Waals surface area contributed by atoms with Gasteiger partial charge in [-0.05, 0) is 38.2 Å². The lowest BCUT2D eigenvalue weighted by atomic mass is 10.0. The summed E-state index contributed by atoms with van der Waals surface area (Å²) in [6.45, 7) is 1.57. The number of fused-ring (bicyclic) bond motifs is 1. The van der Waals surface area contributed by atoms with E-state index in [0.29, 0.717) is 17.4 Å². The van der Waals surface area contributed by atoms with E-state index >= 15 is 0 Å². The Hall–Kier alpha value is -3.47. The number of ether oxygens (including phenoxy) is 1. The van der Waals surface area contributed by atoms with E-state index in [0.717, 1.165) is 12.8 Å². The number of nitrogens with one attached hydrogen (secondary N) is 1.